The van der Waals surface area contributed by atoms with E-state index < -0.39 is 0 Å². The van der Waals surface area contributed by atoms with Gasteiger partial charge in [-0.1, -0.05) is 17.7 Å². The molecule has 0 atom stereocenters. The molecule has 0 aliphatic carbocycles. The van der Waals surface area contributed by atoms with Crippen LogP contribution in [0.25, 0.3) is 0 Å². The minimum atomic E-state index is -0.153. The molecule has 1 fully saturated rings. The number of amides is 2. The molecular formula is C21H24ClN3O4. The Hall–Kier alpha value is -2.64. The Morgan fingerprint density at radius 3 is 2.69 bits per heavy atom. The van der Waals surface area contributed by atoms with Crippen molar-refractivity contribution >= 4 is 29.2 Å². The van der Waals surface area contributed by atoms with Crippen LogP contribution in [0.2, 0.25) is 5.02 Å². The van der Waals surface area contributed by atoms with Crippen LogP contribution in [-0.2, 0) is 9.53 Å². The first-order valence-corrected chi connectivity index (χ1v) is 9.88. The smallest absolute Gasteiger partial charge is 0.253 e. The van der Waals surface area contributed by atoms with E-state index in [4.69, 9.17) is 21.1 Å². The molecule has 1 aliphatic rings. The number of nitrogens with one attached hydrogen (secondary N) is 1. The molecule has 3 rings (SSSR count). The van der Waals surface area contributed by atoms with Crippen LogP contribution in [0.3, 0.4) is 0 Å². The van der Waals surface area contributed by atoms with Crippen LogP contribution in [0.5, 0.6) is 5.75 Å². The van der Waals surface area contributed by atoms with Gasteiger partial charge in [-0.15, -0.1) is 0 Å². The van der Waals surface area contributed by atoms with Crippen molar-refractivity contribution in [3.05, 3.63) is 53.2 Å². The lowest BCUT2D eigenvalue weighted by atomic mass is 9.95. The van der Waals surface area contributed by atoms with Crippen molar-refractivity contribution in [3.8, 4) is 5.75 Å². The molecular weight excluding hydrogens is 394 g/mol. The topological polar surface area (TPSA) is 80.8 Å². The molecule has 0 bridgehead atoms. The second-order valence-corrected chi connectivity index (χ2v) is 7.22. The lowest BCUT2D eigenvalue weighted by Gasteiger charge is -2.31. The number of carbonyl (C=O) groups is 2. The summed E-state index contributed by atoms with van der Waals surface area (Å²) in [5.74, 6) is 0.821. The number of likely N-dealkylation sites (tertiary alicyclic amines) is 1. The van der Waals surface area contributed by atoms with Gasteiger partial charge in [0.05, 0.1) is 11.6 Å². The average molecular weight is 418 g/mol. The molecule has 2 heterocycles. The number of piperidine rings is 1. The summed E-state index contributed by atoms with van der Waals surface area (Å²) >= 11 is 5.81. The van der Waals surface area contributed by atoms with Gasteiger partial charge in [0.25, 0.3) is 5.91 Å². The molecule has 2 aromatic rings. The number of anilines is 1. The summed E-state index contributed by atoms with van der Waals surface area (Å²) in [6, 6.07) is 10.5. The van der Waals surface area contributed by atoms with E-state index in [0.29, 0.717) is 61.3 Å². The highest BCUT2D eigenvalue weighted by molar-refractivity contribution is 6.30. The number of rotatable bonds is 7. The summed E-state index contributed by atoms with van der Waals surface area (Å²) in [6.07, 6.45) is 2.70. The highest BCUT2D eigenvalue weighted by Gasteiger charge is 2.28. The maximum absolute atomic E-state index is 12.8. The third kappa shape index (κ3) is 5.92. The Bertz CT molecular complexity index is 836. The predicted octanol–water partition coefficient (Wildman–Crippen LogP) is 3.25. The number of pyridine rings is 1. The summed E-state index contributed by atoms with van der Waals surface area (Å²) in [7, 11) is 1.61. The third-order valence-corrected chi connectivity index (χ3v) is 4.99. The van der Waals surface area contributed by atoms with E-state index in [0.717, 1.165) is 0 Å². The van der Waals surface area contributed by atoms with Crippen LogP contribution < -0.4 is 10.1 Å². The van der Waals surface area contributed by atoms with Crippen LogP contribution in [0.1, 0.15) is 23.2 Å². The van der Waals surface area contributed by atoms with Crippen LogP contribution in [0.15, 0.2) is 42.6 Å². The maximum Gasteiger partial charge on any atom is 0.253 e. The first-order valence-electron chi connectivity index (χ1n) is 9.50. The van der Waals surface area contributed by atoms with E-state index in [1.807, 2.05) is 6.07 Å². The fourth-order valence-electron chi connectivity index (χ4n) is 3.17. The Balaban J connectivity index is 1.52. The largest absolute Gasteiger partial charge is 0.491 e. The molecule has 1 aromatic carbocycles. The number of nitrogens with zero attached hydrogens (tertiary/aromatic N) is 2. The quantitative estimate of drug-likeness (QED) is 0.699. The maximum atomic E-state index is 12.8. The monoisotopic (exact) mass is 417 g/mol. The van der Waals surface area contributed by atoms with Gasteiger partial charge in [0, 0.05) is 37.9 Å². The van der Waals surface area contributed by atoms with Gasteiger partial charge in [0.15, 0.2) is 0 Å². The van der Waals surface area contributed by atoms with Gasteiger partial charge >= 0.3 is 0 Å². The number of hydrogen-bond donors (Lipinski definition) is 1. The summed E-state index contributed by atoms with van der Waals surface area (Å²) < 4.78 is 10.5. The van der Waals surface area contributed by atoms with Gasteiger partial charge in [-0.3, -0.25) is 9.59 Å². The molecule has 0 radical (unpaired) electrons. The molecule has 1 saturated heterocycles. The van der Waals surface area contributed by atoms with Crippen molar-refractivity contribution in [3.63, 3.8) is 0 Å². The van der Waals surface area contributed by atoms with E-state index in [1.54, 1.807) is 42.3 Å². The van der Waals surface area contributed by atoms with Crippen LogP contribution >= 0.6 is 11.6 Å². The molecule has 0 spiro atoms. The molecule has 0 saturated carbocycles. The van der Waals surface area contributed by atoms with Crippen molar-refractivity contribution < 1.29 is 19.1 Å². The zero-order chi connectivity index (χ0) is 20.6. The fraction of sp³-hybridized carbons (Fsp3) is 0.381. The molecule has 1 aromatic heterocycles. The Kier molecular flexibility index (Phi) is 7.43. The minimum Gasteiger partial charge on any atom is -0.491 e. The van der Waals surface area contributed by atoms with Gasteiger partial charge in [0.1, 0.15) is 18.2 Å². The molecule has 7 nitrogen and oxygen atoms in total. The van der Waals surface area contributed by atoms with Crippen molar-refractivity contribution in [2.75, 3.05) is 38.7 Å². The fourth-order valence-corrected chi connectivity index (χ4v) is 3.28. The molecule has 154 valence electrons. The normalized spacial score (nSPS) is 14.5. The SMILES string of the molecule is COCCOc1cccc(C(=O)N2CCC(C(=O)Nc3ccc(Cl)cn3)CC2)c1. The second-order valence-electron chi connectivity index (χ2n) is 6.79. The lowest BCUT2D eigenvalue weighted by Crippen LogP contribution is -2.41. The zero-order valence-electron chi connectivity index (χ0n) is 16.3. The van der Waals surface area contributed by atoms with Crippen molar-refractivity contribution in [1.29, 1.82) is 0 Å². The number of ether oxygens (including phenoxy) is 2. The minimum absolute atomic E-state index is 0.0552. The van der Waals surface area contributed by atoms with Gasteiger partial charge in [-0.2, -0.15) is 0 Å². The van der Waals surface area contributed by atoms with E-state index in [2.05, 4.69) is 10.3 Å². The first kappa shape index (κ1) is 21.1. The van der Waals surface area contributed by atoms with Crippen LogP contribution in [0, 0.1) is 5.92 Å². The standard InChI is InChI=1S/C21H24ClN3O4/c1-28-11-12-29-18-4-2-3-16(13-18)21(27)25-9-7-15(8-10-25)20(26)24-19-6-5-17(22)14-23-19/h2-6,13-15H,7-12H2,1H3,(H,23,24,26). The highest BCUT2D eigenvalue weighted by atomic mass is 35.5. The van der Waals surface area contributed by atoms with E-state index in [9.17, 15) is 9.59 Å². The number of carbonyl (C=O) groups excluding carboxylic acids is 2. The molecule has 0 unspecified atom stereocenters. The summed E-state index contributed by atoms with van der Waals surface area (Å²) in [6.45, 7) is 1.97. The molecule has 29 heavy (non-hydrogen) atoms. The van der Waals surface area contributed by atoms with Crippen LogP contribution in [-0.4, -0.2) is 55.1 Å². The van der Waals surface area contributed by atoms with Crippen molar-refractivity contribution in [2.24, 2.45) is 5.92 Å². The van der Waals surface area contributed by atoms with Crippen molar-refractivity contribution in [1.82, 2.24) is 9.88 Å². The van der Waals surface area contributed by atoms with E-state index in [-0.39, 0.29) is 17.7 Å². The highest BCUT2D eigenvalue weighted by Crippen LogP contribution is 2.22. The Labute approximate surface area is 175 Å². The number of halogens is 1. The molecule has 2 amide bonds. The van der Waals surface area contributed by atoms with Crippen molar-refractivity contribution in [2.45, 2.75) is 12.8 Å². The third-order valence-electron chi connectivity index (χ3n) is 4.77. The molecule has 1 aliphatic heterocycles. The molecule has 8 heteroatoms. The van der Waals surface area contributed by atoms with Gasteiger partial charge in [0.2, 0.25) is 5.91 Å². The number of benzene rings is 1. The van der Waals surface area contributed by atoms with Gasteiger partial charge in [-0.05, 0) is 43.2 Å². The number of methoxy groups -OCH3 is 1. The summed E-state index contributed by atoms with van der Waals surface area (Å²) in [4.78, 5) is 31.1. The van der Waals surface area contributed by atoms with E-state index in [1.165, 1.54) is 6.20 Å². The van der Waals surface area contributed by atoms with E-state index >= 15 is 0 Å². The first-order chi connectivity index (χ1) is 14.1. The Morgan fingerprint density at radius 2 is 2.00 bits per heavy atom. The van der Waals surface area contributed by atoms with Gasteiger partial charge < -0.3 is 19.7 Å². The predicted molar refractivity (Wildman–Crippen MR) is 110 cm³/mol. The van der Waals surface area contributed by atoms with Crippen LogP contribution in [0.4, 0.5) is 5.82 Å². The lowest BCUT2D eigenvalue weighted by molar-refractivity contribution is -0.121. The second kappa shape index (κ2) is 10.2. The summed E-state index contributed by atoms with van der Waals surface area (Å²) in [5, 5.41) is 3.32. The number of hydrogen-bond acceptors (Lipinski definition) is 5. The Morgan fingerprint density at radius 1 is 1.21 bits per heavy atom. The summed E-state index contributed by atoms with van der Waals surface area (Å²) in [5.41, 5.74) is 0.577. The van der Waals surface area contributed by atoms with Gasteiger partial charge in [-0.25, -0.2) is 4.98 Å². The zero-order valence-corrected chi connectivity index (χ0v) is 17.0. The number of aromatic nitrogens is 1. The molecule has 1 N–H and O–H groups in total. The average Bonchev–Trinajstić information content (AvgIpc) is 2.75.